The zero-order valence-electron chi connectivity index (χ0n) is 9.61. The van der Waals surface area contributed by atoms with Crippen LogP contribution in [0.15, 0.2) is 48.5 Å². The molecule has 0 aromatic heterocycles. The van der Waals surface area contributed by atoms with Gasteiger partial charge in [0.25, 0.3) is 0 Å². The Morgan fingerprint density at radius 1 is 0.938 bits per heavy atom. The summed E-state index contributed by atoms with van der Waals surface area (Å²) in [4.78, 5) is 0. The number of hydrogen-bond acceptors (Lipinski definition) is 0. The molecule has 2 aromatic rings. The Bertz CT molecular complexity index is 493. The van der Waals surface area contributed by atoms with Crippen LogP contribution in [-0.2, 0) is 0 Å². The molecule has 3 rings (SSSR count). The van der Waals surface area contributed by atoms with Crippen molar-refractivity contribution in [3.8, 4) is 11.1 Å². The molecule has 0 amide bonds. The maximum Gasteiger partial charge on any atom is -0.0149 e. The molecule has 0 spiro atoms. The van der Waals surface area contributed by atoms with Gasteiger partial charge in [-0.15, -0.1) is 0 Å². The lowest BCUT2D eigenvalue weighted by Gasteiger charge is -2.10. The molecule has 0 aliphatic heterocycles. The highest BCUT2D eigenvalue weighted by Gasteiger charge is 2.26. The second kappa shape index (κ2) is 3.79. The number of rotatable bonds is 2. The molecule has 0 atom stereocenters. The molecule has 1 fully saturated rings. The first-order valence-corrected chi connectivity index (χ1v) is 6.00. The van der Waals surface area contributed by atoms with E-state index in [1.165, 1.54) is 29.5 Å². The average Bonchev–Trinajstić information content (AvgIpc) is 3.14. The van der Waals surface area contributed by atoms with Crippen molar-refractivity contribution < 1.29 is 0 Å². The van der Waals surface area contributed by atoms with Gasteiger partial charge >= 0.3 is 0 Å². The smallest absolute Gasteiger partial charge is 0.0149 e. The van der Waals surface area contributed by atoms with E-state index in [0.717, 1.165) is 5.92 Å². The molecule has 0 saturated heterocycles. The Hall–Kier alpha value is -1.56. The highest BCUT2D eigenvalue weighted by molar-refractivity contribution is 5.69. The highest BCUT2D eigenvalue weighted by atomic mass is 14.3. The molecule has 1 aliphatic carbocycles. The van der Waals surface area contributed by atoms with Gasteiger partial charge in [0.1, 0.15) is 0 Å². The summed E-state index contributed by atoms with van der Waals surface area (Å²) in [5, 5.41) is 0. The second-order valence-corrected chi connectivity index (χ2v) is 4.73. The summed E-state index contributed by atoms with van der Waals surface area (Å²) < 4.78 is 0. The molecule has 0 heteroatoms. The zero-order valence-corrected chi connectivity index (χ0v) is 9.61. The lowest BCUT2D eigenvalue weighted by molar-refractivity contribution is 1.12. The first kappa shape index (κ1) is 9.65. The van der Waals surface area contributed by atoms with Crippen molar-refractivity contribution in [3.05, 3.63) is 59.7 Å². The molecular formula is C16H16. The van der Waals surface area contributed by atoms with Gasteiger partial charge in [-0.25, -0.2) is 0 Å². The second-order valence-electron chi connectivity index (χ2n) is 4.73. The van der Waals surface area contributed by atoms with Crippen LogP contribution >= 0.6 is 0 Å². The first-order chi connectivity index (χ1) is 7.84. The minimum absolute atomic E-state index is 0.815. The maximum absolute atomic E-state index is 2.36. The summed E-state index contributed by atoms with van der Waals surface area (Å²) in [5.41, 5.74) is 5.70. The lowest BCUT2D eigenvalue weighted by atomic mass is 9.95. The molecule has 0 radical (unpaired) electrons. The third kappa shape index (κ3) is 1.76. The molecule has 0 nitrogen and oxygen atoms in total. The van der Waals surface area contributed by atoms with Crippen molar-refractivity contribution in [1.29, 1.82) is 0 Å². The largest absolute Gasteiger partial charge is 0.0622 e. The molecule has 0 N–H and O–H groups in total. The van der Waals surface area contributed by atoms with Gasteiger partial charge in [0.2, 0.25) is 0 Å². The summed E-state index contributed by atoms with van der Waals surface area (Å²) in [6, 6.07) is 17.6. The molecule has 1 aliphatic rings. The summed E-state index contributed by atoms with van der Waals surface area (Å²) in [5.74, 6) is 0.815. The van der Waals surface area contributed by atoms with E-state index in [4.69, 9.17) is 0 Å². The lowest BCUT2D eigenvalue weighted by Crippen LogP contribution is -1.88. The van der Waals surface area contributed by atoms with Crippen molar-refractivity contribution in [2.24, 2.45) is 0 Å². The van der Waals surface area contributed by atoms with Gasteiger partial charge in [-0.1, -0.05) is 54.1 Å². The molecule has 0 unspecified atom stereocenters. The molecule has 0 bridgehead atoms. The van der Waals surface area contributed by atoms with Crippen molar-refractivity contribution in [1.82, 2.24) is 0 Å². The minimum Gasteiger partial charge on any atom is -0.0622 e. The summed E-state index contributed by atoms with van der Waals surface area (Å²) in [7, 11) is 0. The first-order valence-electron chi connectivity index (χ1n) is 6.00. The normalized spacial score (nSPS) is 15.1. The fraction of sp³-hybridized carbons (Fsp3) is 0.250. The van der Waals surface area contributed by atoms with Crippen LogP contribution in [0.25, 0.3) is 11.1 Å². The molecule has 2 aromatic carbocycles. The fourth-order valence-electron chi connectivity index (χ4n) is 2.29. The molecule has 1 saturated carbocycles. The average molecular weight is 208 g/mol. The van der Waals surface area contributed by atoms with Crippen LogP contribution in [0, 0.1) is 6.92 Å². The minimum atomic E-state index is 0.815. The van der Waals surface area contributed by atoms with Crippen LogP contribution < -0.4 is 0 Å². The number of hydrogen-bond donors (Lipinski definition) is 0. The number of aryl methyl sites for hydroxylation is 1. The highest BCUT2D eigenvalue weighted by Crippen LogP contribution is 2.44. The Morgan fingerprint density at radius 2 is 1.69 bits per heavy atom. The van der Waals surface area contributed by atoms with Crippen LogP contribution in [0.5, 0.6) is 0 Å². The Labute approximate surface area is 96.9 Å². The van der Waals surface area contributed by atoms with E-state index in [-0.39, 0.29) is 0 Å². The molecule has 0 heterocycles. The Kier molecular flexibility index (Phi) is 2.28. The topological polar surface area (TPSA) is 0 Å². The molecule has 80 valence electrons. The zero-order chi connectivity index (χ0) is 11.0. The van der Waals surface area contributed by atoms with Gasteiger partial charge in [-0.3, -0.25) is 0 Å². The predicted molar refractivity (Wildman–Crippen MR) is 68.6 cm³/mol. The van der Waals surface area contributed by atoms with Gasteiger partial charge in [0.15, 0.2) is 0 Å². The van der Waals surface area contributed by atoms with Gasteiger partial charge in [-0.05, 0) is 42.4 Å². The van der Waals surface area contributed by atoms with E-state index in [1.807, 2.05) is 0 Å². The van der Waals surface area contributed by atoms with Crippen molar-refractivity contribution in [2.45, 2.75) is 25.7 Å². The third-order valence-electron chi connectivity index (χ3n) is 3.31. The Balaban J connectivity index is 2.13. The summed E-state index contributed by atoms with van der Waals surface area (Å²) in [6.07, 6.45) is 2.73. The summed E-state index contributed by atoms with van der Waals surface area (Å²) in [6.45, 7) is 2.18. The Morgan fingerprint density at radius 3 is 2.38 bits per heavy atom. The third-order valence-corrected chi connectivity index (χ3v) is 3.31. The fourth-order valence-corrected chi connectivity index (χ4v) is 2.29. The van der Waals surface area contributed by atoms with Gasteiger partial charge in [0.05, 0.1) is 0 Å². The van der Waals surface area contributed by atoms with Crippen LogP contribution in [-0.4, -0.2) is 0 Å². The van der Waals surface area contributed by atoms with Crippen molar-refractivity contribution in [2.75, 3.05) is 0 Å². The molecule has 16 heavy (non-hydrogen) atoms. The van der Waals surface area contributed by atoms with Crippen LogP contribution in [0.2, 0.25) is 0 Å². The van der Waals surface area contributed by atoms with E-state index in [0.29, 0.717) is 0 Å². The quantitative estimate of drug-likeness (QED) is 0.679. The van der Waals surface area contributed by atoms with E-state index in [1.54, 1.807) is 5.56 Å². The van der Waals surface area contributed by atoms with Crippen LogP contribution in [0.4, 0.5) is 0 Å². The monoisotopic (exact) mass is 208 g/mol. The standard InChI is InChI=1S/C16H16/c1-12-7-10-15(13-5-3-2-4-6-13)16(11-12)14-8-9-14/h2-7,10-11,14H,8-9H2,1H3. The van der Waals surface area contributed by atoms with E-state index in [9.17, 15) is 0 Å². The van der Waals surface area contributed by atoms with E-state index < -0.39 is 0 Å². The van der Waals surface area contributed by atoms with Gasteiger partial charge in [-0.2, -0.15) is 0 Å². The maximum atomic E-state index is 2.36. The van der Waals surface area contributed by atoms with E-state index >= 15 is 0 Å². The SMILES string of the molecule is Cc1ccc(-c2ccccc2)c(C2CC2)c1. The van der Waals surface area contributed by atoms with Crippen molar-refractivity contribution >= 4 is 0 Å². The van der Waals surface area contributed by atoms with E-state index in [2.05, 4.69) is 55.5 Å². The molecular weight excluding hydrogens is 192 g/mol. The van der Waals surface area contributed by atoms with Gasteiger partial charge in [0, 0.05) is 0 Å². The van der Waals surface area contributed by atoms with Crippen molar-refractivity contribution in [3.63, 3.8) is 0 Å². The summed E-state index contributed by atoms with van der Waals surface area (Å²) >= 11 is 0. The van der Waals surface area contributed by atoms with Crippen LogP contribution in [0.3, 0.4) is 0 Å². The predicted octanol–water partition coefficient (Wildman–Crippen LogP) is 4.54. The number of benzene rings is 2. The van der Waals surface area contributed by atoms with Crippen LogP contribution in [0.1, 0.15) is 29.9 Å². The van der Waals surface area contributed by atoms with Gasteiger partial charge < -0.3 is 0 Å².